The van der Waals surface area contributed by atoms with Crippen molar-refractivity contribution in [3.63, 3.8) is 0 Å². The highest BCUT2D eigenvalue weighted by Crippen LogP contribution is 2.19. The molecule has 1 aliphatic carbocycles. The van der Waals surface area contributed by atoms with Crippen molar-refractivity contribution in [1.29, 1.82) is 0 Å². The second-order valence-corrected chi connectivity index (χ2v) is 9.02. The molecule has 172 valence electrons. The maximum atomic E-state index is 13.1. The van der Waals surface area contributed by atoms with Gasteiger partial charge in [0.1, 0.15) is 11.8 Å². The summed E-state index contributed by atoms with van der Waals surface area (Å²) < 4.78 is 5.71. The molecule has 1 aliphatic rings. The van der Waals surface area contributed by atoms with E-state index in [9.17, 15) is 9.59 Å². The fourth-order valence-corrected chi connectivity index (χ4v) is 4.20. The molecule has 2 aromatic rings. The van der Waals surface area contributed by atoms with E-state index in [4.69, 9.17) is 16.3 Å². The number of hydrogen-bond acceptors (Lipinski definition) is 3. The zero-order chi connectivity index (χ0) is 22.9. The summed E-state index contributed by atoms with van der Waals surface area (Å²) in [4.78, 5) is 27.7. The largest absolute Gasteiger partial charge is 0.494 e. The van der Waals surface area contributed by atoms with Gasteiger partial charge in [-0.05, 0) is 62.9 Å². The second-order valence-electron chi connectivity index (χ2n) is 8.58. The number of carbonyl (C=O) groups is 2. The lowest BCUT2D eigenvalue weighted by Crippen LogP contribution is -2.49. The number of nitrogens with zero attached hydrogens (tertiary/aromatic N) is 1. The van der Waals surface area contributed by atoms with E-state index in [1.54, 1.807) is 17.0 Å². The van der Waals surface area contributed by atoms with Crippen LogP contribution in [0.1, 0.15) is 56.6 Å². The number of ether oxygens (including phenoxy) is 1. The first-order valence-corrected chi connectivity index (χ1v) is 11.8. The molecule has 5 nitrogen and oxygen atoms in total. The molecule has 2 aromatic carbocycles. The topological polar surface area (TPSA) is 58.6 Å². The summed E-state index contributed by atoms with van der Waals surface area (Å²) in [6.07, 6.45) is 5.24. The van der Waals surface area contributed by atoms with Crippen molar-refractivity contribution in [3.05, 3.63) is 64.7 Å². The minimum atomic E-state index is -0.527. The molecule has 6 heteroatoms. The number of carbonyl (C=O) groups excluding carboxylic acids is 2. The molecule has 0 spiro atoms. The number of amides is 2. The Morgan fingerprint density at radius 1 is 1.16 bits per heavy atom. The van der Waals surface area contributed by atoms with Crippen molar-refractivity contribution in [2.75, 3.05) is 6.61 Å². The maximum Gasteiger partial charge on any atom is 0.242 e. The summed E-state index contributed by atoms with van der Waals surface area (Å²) in [5.74, 6) is 0.610. The third-order valence-electron chi connectivity index (χ3n) is 5.92. The molecule has 1 fully saturated rings. The number of aryl methyl sites for hydroxylation is 1. The molecule has 0 bridgehead atoms. The first-order valence-electron chi connectivity index (χ1n) is 11.5. The highest BCUT2D eigenvalue weighted by Gasteiger charge is 2.28. The zero-order valence-electron chi connectivity index (χ0n) is 19.0. The standard InChI is InChI=1S/C26H33ClN2O3/c1-19-7-5-8-21(17-19)18-29(20(2)26(31)28-23-9-3-4-10-23)25(30)11-6-16-32-24-14-12-22(27)13-15-24/h5,7-8,12-15,17,20,23H,3-4,6,9-11,16,18H2,1-2H3,(H,28,31). The lowest BCUT2D eigenvalue weighted by atomic mass is 10.1. The molecule has 0 radical (unpaired) electrons. The lowest BCUT2D eigenvalue weighted by molar-refractivity contribution is -0.141. The van der Waals surface area contributed by atoms with Crippen LogP contribution < -0.4 is 10.1 Å². The van der Waals surface area contributed by atoms with Crippen molar-refractivity contribution in [3.8, 4) is 5.75 Å². The van der Waals surface area contributed by atoms with Crippen LogP contribution in [-0.4, -0.2) is 35.4 Å². The van der Waals surface area contributed by atoms with Gasteiger partial charge in [-0.25, -0.2) is 0 Å². The Morgan fingerprint density at radius 2 is 1.88 bits per heavy atom. The van der Waals surface area contributed by atoms with Gasteiger partial charge in [0.25, 0.3) is 0 Å². The van der Waals surface area contributed by atoms with E-state index >= 15 is 0 Å². The third-order valence-corrected chi connectivity index (χ3v) is 6.17. The molecule has 0 aliphatic heterocycles. The predicted octanol–water partition coefficient (Wildman–Crippen LogP) is 5.28. The number of hydrogen-bond donors (Lipinski definition) is 1. The average molecular weight is 457 g/mol. The first kappa shape index (κ1) is 24.1. The van der Waals surface area contributed by atoms with E-state index < -0.39 is 6.04 Å². The van der Waals surface area contributed by atoms with Crippen LogP contribution in [0.4, 0.5) is 0 Å². The van der Waals surface area contributed by atoms with Crippen LogP contribution in [0.2, 0.25) is 5.02 Å². The fraction of sp³-hybridized carbons (Fsp3) is 0.462. The van der Waals surface area contributed by atoms with Gasteiger partial charge in [0.2, 0.25) is 11.8 Å². The van der Waals surface area contributed by atoms with Crippen molar-refractivity contribution < 1.29 is 14.3 Å². The van der Waals surface area contributed by atoms with Gasteiger partial charge in [0.15, 0.2) is 0 Å². The summed E-state index contributed by atoms with van der Waals surface area (Å²) in [6, 6.07) is 14.9. The van der Waals surface area contributed by atoms with Crippen LogP contribution in [0.3, 0.4) is 0 Å². The maximum absolute atomic E-state index is 13.1. The van der Waals surface area contributed by atoms with Crippen LogP contribution in [0.25, 0.3) is 0 Å². The Kier molecular flexibility index (Phi) is 8.98. The van der Waals surface area contributed by atoms with Crippen molar-refractivity contribution in [2.45, 2.75) is 71.0 Å². The van der Waals surface area contributed by atoms with E-state index in [1.165, 1.54) is 0 Å². The second kappa shape index (κ2) is 11.9. The van der Waals surface area contributed by atoms with Crippen molar-refractivity contribution >= 4 is 23.4 Å². The molecule has 0 saturated heterocycles. The van der Waals surface area contributed by atoms with E-state index in [-0.39, 0.29) is 17.9 Å². The molecule has 1 unspecified atom stereocenters. The molecular formula is C26H33ClN2O3. The molecular weight excluding hydrogens is 424 g/mol. The smallest absolute Gasteiger partial charge is 0.242 e. The number of benzene rings is 2. The zero-order valence-corrected chi connectivity index (χ0v) is 19.7. The number of halogens is 1. The summed E-state index contributed by atoms with van der Waals surface area (Å²) in [7, 11) is 0. The van der Waals surface area contributed by atoms with Gasteiger partial charge in [-0.1, -0.05) is 54.3 Å². The van der Waals surface area contributed by atoms with E-state index in [0.717, 1.165) is 42.6 Å². The monoisotopic (exact) mass is 456 g/mol. The van der Waals surface area contributed by atoms with E-state index in [2.05, 4.69) is 11.4 Å². The fourth-order valence-electron chi connectivity index (χ4n) is 4.07. The third kappa shape index (κ3) is 7.27. The van der Waals surface area contributed by atoms with Gasteiger partial charge in [-0.2, -0.15) is 0 Å². The van der Waals surface area contributed by atoms with Crippen LogP contribution in [0.5, 0.6) is 5.75 Å². The minimum Gasteiger partial charge on any atom is -0.494 e. The lowest BCUT2D eigenvalue weighted by Gasteiger charge is -2.30. The van der Waals surface area contributed by atoms with Gasteiger partial charge >= 0.3 is 0 Å². The predicted molar refractivity (Wildman–Crippen MR) is 128 cm³/mol. The molecule has 2 amide bonds. The van der Waals surface area contributed by atoms with Gasteiger partial charge in [-0.15, -0.1) is 0 Å². The summed E-state index contributed by atoms with van der Waals surface area (Å²) >= 11 is 5.90. The Labute approximate surface area is 196 Å². The first-order chi connectivity index (χ1) is 15.4. The molecule has 32 heavy (non-hydrogen) atoms. The molecule has 0 aromatic heterocycles. The van der Waals surface area contributed by atoms with Gasteiger partial charge < -0.3 is 15.0 Å². The molecule has 1 N–H and O–H groups in total. The van der Waals surface area contributed by atoms with E-state index in [1.807, 2.05) is 44.2 Å². The Bertz CT molecular complexity index is 894. The number of rotatable bonds is 10. The van der Waals surface area contributed by atoms with Crippen LogP contribution in [-0.2, 0) is 16.1 Å². The summed E-state index contributed by atoms with van der Waals surface area (Å²) in [5.41, 5.74) is 2.16. The van der Waals surface area contributed by atoms with Crippen molar-refractivity contribution in [1.82, 2.24) is 10.2 Å². The highest BCUT2D eigenvalue weighted by atomic mass is 35.5. The molecule has 1 atom stereocenters. The molecule has 0 heterocycles. The summed E-state index contributed by atoms with van der Waals surface area (Å²) in [6.45, 7) is 4.69. The molecule has 3 rings (SSSR count). The van der Waals surface area contributed by atoms with Gasteiger partial charge in [0.05, 0.1) is 6.61 Å². The Morgan fingerprint density at radius 3 is 2.56 bits per heavy atom. The normalized spacial score (nSPS) is 14.7. The minimum absolute atomic E-state index is 0.0414. The van der Waals surface area contributed by atoms with Crippen LogP contribution in [0.15, 0.2) is 48.5 Å². The average Bonchev–Trinajstić information content (AvgIpc) is 3.28. The molecule has 1 saturated carbocycles. The van der Waals surface area contributed by atoms with Crippen LogP contribution in [0, 0.1) is 6.92 Å². The quantitative estimate of drug-likeness (QED) is 0.494. The van der Waals surface area contributed by atoms with Crippen molar-refractivity contribution in [2.24, 2.45) is 0 Å². The Hall–Kier alpha value is -2.53. The van der Waals surface area contributed by atoms with E-state index in [0.29, 0.717) is 31.0 Å². The summed E-state index contributed by atoms with van der Waals surface area (Å²) in [5, 5.41) is 3.79. The van der Waals surface area contributed by atoms with Crippen LogP contribution >= 0.6 is 11.6 Å². The van der Waals surface area contributed by atoms with Gasteiger partial charge in [-0.3, -0.25) is 9.59 Å². The van der Waals surface area contributed by atoms with Gasteiger partial charge in [0, 0.05) is 24.0 Å². The number of nitrogens with one attached hydrogen (secondary N) is 1. The highest BCUT2D eigenvalue weighted by molar-refractivity contribution is 6.30. The Balaban J connectivity index is 1.59. The SMILES string of the molecule is Cc1cccc(CN(C(=O)CCCOc2ccc(Cl)cc2)C(C)C(=O)NC2CCCC2)c1.